The fourth-order valence-electron chi connectivity index (χ4n) is 1.54. The standard InChI is InChI=1S/C13H15N3OS2/c1-18-6-5-12(17)16-13-15-11(8-19-13)9-3-2-4-10(14)7-9/h2-4,7-8H,5-6,14H2,1H3,(H,15,16,17). The molecule has 0 unspecified atom stereocenters. The fourth-order valence-corrected chi connectivity index (χ4v) is 2.66. The summed E-state index contributed by atoms with van der Waals surface area (Å²) in [7, 11) is 0. The highest BCUT2D eigenvalue weighted by atomic mass is 32.2. The van der Waals surface area contributed by atoms with Gasteiger partial charge in [-0.1, -0.05) is 12.1 Å². The van der Waals surface area contributed by atoms with Crippen molar-refractivity contribution in [1.82, 2.24) is 4.98 Å². The van der Waals surface area contributed by atoms with Crippen LogP contribution in [0.25, 0.3) is 11.3 Å². The molecule has 3 N–H and O–H groups in total. The zero-order valence-electron chi connectivity index (χ0n) is 10.6. The molecule has 0 fully saturated rings. The number of thiazole rings is 1. The predicted molar refractivity (Wildman–Crippen MR) is 83.6 cm³/mol. The number of nitrogens with zero attached hydrogens (tertiary/aromatic N) is 1. The second kappa shape index (κ2) is 6.58. The predicted octanol–water partition coefficient (Wildman–Crippen LogP) is 3.08. The third kappa shape index (κ3) is 3.97. The molecule has 0 saturated carbocycles. The van der Waals surface area contributed by atoms with Crippen molar-refractivity contribution >= 4 is 39.8 Å². The van der Waals surface area contributed by atoms with E-state index in [0.29, 0.717) is 17.2 Å². The van der Waals surface area contributed by atoms with Crippen LogP contribution in [0.2, 0.25) is 0 Å². The van der Waals surface area contributed by atoms with E-state index in [1.54, 1.807) is 11.8 Å². The van der Waals surface area contributed by atoms with Crippen molar-refractivity contribution in [2.75, 3.05) is 23.1 Å². The third-order valence-electron chi connectivity index (χ3n) is 2.47. The zero-order valence-corrected chi connectivity index (χ0v) is 12.2. The first-order valence-corrected chi connectivity index (χ1v) is 8.06. The van der Waals surface area contributed by atoms with E-state index in [4.69, 9.17) is 5.73 Å². The highest BCUT2D eigenvalue weighted by Gasteiger charge is 2.07. The number of benzene rings is 1. The van der Waals surface area contributed by atoms with E-state index in [1.807, 2.05) is 35.9 Å². The van der Waals surface area contributed by atoms with Gasteiger partial charge < -0.3 is 11.1 Å². The van der Waals surface area contributed by atoms with Crippen molar-refractivity contribution in [1.29, 1.82) is 0 Å². The van der Waals surface area contributed by atoms with Crippen molar-refractivity contribution in [2.45, 2.75) is 6.42 Å². The van der Waals surface area contributed by atoms with E-state index in [1.165, 1.54) is 11.3 Å². The van der Waals surface area contributed by atoms with Gasteiger partial charge in [0.15, 0.2) is 5.13 Å². The summed E-state index contributed by atoms with van der Waals surface area (Å²) in [6, 6.07) is 7.54. The molecule has 1 aromatic carbocycles. The molecule has 0 radical (unpaired) electrons. The lowest BCUT2D eigenvalue weighted by atomic mass is 10.1. The van der Waals surface area contributed by atoms with Crippen LogP contribution in [-0.4, -0.2) is 22.9 Å². The number of nitrogens with one attached hydrogen (secondary N) is 1. The Morgan fingerprint density at radius 2 is 2.37 bits per heavy atom. The maximum atomic E-state index is 11.6. The molecule has 0 bridgehead atoms. The molecule has 0 spiro atoms. The lowest BCUT2D eigenvalue weighted by Crippen LogP contribution is -2.11. The van der Waals surface area contributed by atoms with Crippen LogP contribution in [0.5, 0.6) is 0 Å². The van der Waals surface area contributed by atoms with Gasteiger partial charge >= 0.3 is 0 Å². The van der Waals surface area contributed by atoms with Gasteiger partial charge in [-0.05, 0) is 18.4 Å². The van der Waals surface area contributed by atoms with Crippen LogP contribution >= 0.6 is 23.1 Å². The van der Waals surface area contributed by atoms with E-state index in [9.17, 15) is 4.79 Å². The van der Waals surface area contributed by atoms with Gasteiger partial charge in [0, 0.05) is 28.8 Å². The SMILES string of the molecule is CSCCC(=O)Nc1nc(-c2cccc(N)c2)cs1. The van der Waals surface area contributed by atoms with Gasteiger partial charge in [-0.15, -0.1) is 11.3 Å². The number of aromatic nitrogens is 1. The number of nitrogens with two attached hydrogens (primary N) is 1. The van der Waals surface area contributed by atoms with Crippen LogP contribution in [0.4, 0.5) is 10.8 Å². The number of carbonyl (C=O) groups is 1. The first-order chi connectivity index (χ1) is 9.19. The van der Waals surface area contributed by atoms with Gasteiger partial charge in [0.2, 0.25) is 5.91 Å². The molecule has 1 aromatic heterocycles. The van der Waals surface area contributed by atoms with Crippen molar-refractivity contribution in [3.8, 4) is 11.3 Å². The van der Waals surface area contributed by atoms with Crippen molar-refractivity contribution in [3.63, 3.8) is 0 Å². The second-order valence-corrected chi connectivity index (χ2v) is 5.80. The van der Waals surface area contributed by atoms with E-state index in [2.05, 4.69) is 10.3 Å². The van der Waals surface area contributed by atoms with E-state index < -0.39 is 0 Å². The number of rotatable bonds is 5. The Bertz CT molecular complexity index is 569. The van der Waals surface area contributed by atoms with E-state index in [0.717, 1.165) is 17.0 Å². The fraction of sp³-hybridized carbons (Fsp3) is 0.231. The molecule has 2 aromatic rings. The Kier molecular flexibility index (Phi) is 4.81. The number of anilines is 2. The molecule has 0 atom stereocenters. The first-order valence-electron chi connectivity index (χ1n) is 5.79. The van der Waals surface area contributed by atoms with Gasteiger partial charge in [0.25, 0.3) is 0 Å². The molecule has 6 heteroatoms. The molecular formula is C13H15N3OS2. The number of carbonyl (C=O) groups excluding carboxylic acids is 1. The number of nitrogen functional groups attached to an aromatic ring is 1. The van der Waals surface area contributed by atoms with Crippen LogP contribution < -0.4 is 11.1 Å². The highest BCUT2D eigenvalue weighted by Crippen LogP contribution is 2.26. The number of hydrogen-bond donors (Lipinski definition) is 2. The third-order valence-corrected chi connectivity index (χ3v) is 3.84. The number of amides is 1. The van der Waals surface area contributed by atoms with Crippen LogP contribution in [0.1, 0.15) is 6.42 Å². The van der Waals surface area contributed by atoms with Crippen molar-refractivity contribution < 1.29 is 4.79 Å². The Balaban J connectivity index is 2.05. The van der Waals surface area contributed by atoms with Crippen LogP contribution in [0, 0.1) is 0 Å². The second-order valence-electron chi connectivity index (χ2n) is 3.95. The van der Waals surface area contributed by atoms with E-state index >= 15 is 0 Å². The molecule has 1 heterocycles. The topological polar surface area (TPSA) is 68.0 Å². The molecular weight excluding hydrogens is 278 g/mol. The average molecular weight is 293 g/mol. The largest absolute Gasteiger partial charge is 0.399 e. The van der Waals surface area contributed by atoms with Crippen molar-refractivity contribution in [2.24, 2.45) is 0 Å². The monoisotopic (exact) mass is 293 g/mol. The molecule has 0 aliphatic heterocycles. The molecule has 0 aliphatic carbocycles. The van der Waals surface area contributed by atoms with Gasteiger partial charge in [0.1, 0.15) is 0 Å². The van der Waals surface area contributed by atoms with Crippen LogP contribution in [0.3, 0.4) is 0 Å². The lowest BCUT2D eigenvalue weighted by Gasteiger charge is -2.00. The average Bonchev–Trinajstić information content (AvgIpc) is 2.85. The lowest BCUT2D eigenvalue weighted by molar-refractivity contribution is -0.115. The summed E-state index contributed by atoms with van der Waals surface area (Å²) in [5, 5.41) is 5.35. The minimum Gasteiger partial charge on any atom is -0.399 e. The summed E-state index contributed by atoms with van der Waals surface area (Å²) in [5.74, 6) is 0.821. The molecule has 100 valence electrons. The summed E-state index contributed by atoms with van der Waals surface area (Å²) in [5.41, 5.74) is 8.24. The molecule has 4 nitrogen and oxygen atoms in total. The molecule has 2 rings (SSSR count). The van der Waals surface area contributed by atoms with Crippen LogP contribution in [0.15, 0.2) is 29.6 Å². The summed E-state index contributed by atoms with van der Waals surface area (Å²) in [4.78, 5) is 16.0. The smallest absolute Gasteiger partial charge is 0.226 e. The Morgan fingerprint density at radius 3 is 3.11 bits per heavy atom. The Morgan fingerprint density at radius 1 is 1.53 bits per heavy atom. The summed E-state index contributed by atoms with van der Waals surface area (Å²) < 4.78 is 0. The minimum absolute atomic E-state index is 0.00262. The molecule has 0 saturated heterocycles. The Labute approximate surface area is 120 Å². The van der Waals surface area contributed by atoms with E-state index in [-0.39, 0.29) is 5.91 Å². The van der Waals surface area contributed by atoms with Gasteiger partial charge in [-0.3, -0.25) is 4.79 Å². The maximum Gasteiger partial charge on any atom is 0.226 e. The first kappa shape index (κ1) is 13.9. The van der Waals surface area contributed by atoms with Gasteiger partial charge in [-0.2, -0.15) is 11.8 Å². The summed E-state index contributed by atoms with van der Waals surface area (Å²) >= 11 is 3.07. The number of hydrogen-bond acceptors (Lipinski definition) is 5. The molecule has 0 aliphatic rings. The zero-order chi connectivity index (χ0) is 13.7. The number of thioether (sulfide) groups is 1. The summed E-state index contributed by atoms with van der Waals surface area (Å²) in [6.07, 6.45) is 2.49. The normalized spacial score (nSPS) is 10.4. The van der Waals surface area contributed by atoms with Gasteiger partial charge in [-0.25, -0.2) is 4.98 Å². The minimum atomic E-state index is 0.00262. The Hall–Kier alpha value is -1.53. The molecule has 1 amide bonds. The van der Waals surface area contributed by atoms with Gasteiger partial charge in [0.05, 0.1) is 5.69 Å². The summed E-state index contributed by atoms with van der Waals surface area (Å²) in [6.45, 7) is 0. The maximum absolute atomic E-state index is 11.6. The molecule has 19 heavy (non-hydrogen) atoms. The quantitative estimate of drug-likeness (QED) is 0.831. The highest BCUT2D eigenvalue weighted by molar-refractivity contribution is 7.98. The van der Waals surface area contributed by atoms with Crippen LogP contribution in [-0.2, 0) is 4.79 Å². The van der Waals surface area contributed by atoms with Crippen molar-refractivity contribution in [3.05, 3.63) is 29.6 Å².